The van der Waals surface area contributed by atoms with E-state index in [1.54, 1.807) is 0 Å². The van der Waals surface area contributed by atoms with E-state index in [1.165, 1.54) is 18.2 Å². The van der Waals surface area contributed by atoms with Gasteiger partial charge in [-0.05, 0) is 30.5 Å². The van der Waals surface area contributed by atoms with Crippen molar-refractivity contribution in [1.29, 1.82) is 0 Å². The fourth-order valence-corrected chi connectivity index (χ4v) is 2.31. The second-order valence-electron chi connectivity index (χ2n) is 4.47. The first kappa shape index (κ1) is 12.1. The third kappa shape index (κ3) is 3.30. The number of aryl methyl sites for hydroxylation is 1. The maximum Gasteiger partial charge on any atom is 0.306 e. The molecule has 1 aromatic rings. The van der Waals surface area contributed by atoms with Crippen LogP contribution in [0, 0.1) is 0 Å². The summed E-state index contributed by atoms with van der Waals surface area (Å²) in [7, 11) is 1.44. The Morgan fingerprint density at radius 2 is 2.12 bits per heavy atom. The van der Waals surface area contributed by atoms with E-state index in [9.17, 15) is 4.79 Å². The Bertz CT molecular complexity index is 390. The standard InChI is InChI=1S/C14H19NO2/c1-17-14(16)8-10-15-9-4-7-12-5-2-3-6-13(12)11-15/h2-3,5-6H,4,7-11H2,1H3. The molecule has 0 atom stereocenters. The lowest BCUT2D eigenvalue weighted by Gasteiger charge is -2.19. The lowest BCUT2D eigenvalue weighted by molar-refractivity contribution is -0.141. The second kappa shape index (κ2) is 5.82. The van der Waals surface area contributed by atoms with E-state index >= 15 is 0 Å². The Hall–Kier alpha value is -1.35. The van der Waals surface area contributed by atoms with Crippen molar-refractivity contribution in [2.75, 3.05) is 20.2 Å². The van der Waals surface area contributed by atoms with Crippen LogP contribution in [0.5, 0.6) is 0 Å². The molecule has 1 aliphatic rings. The highest BCUT2D eigenvalue weighted by molar-refractivity contribution is 5.69. The van der Waals surface area contributed by atoms with Crippen molar-refractivity contribution in [2.45, 2.75) is 25.8 Å². The number of rotatable bonds is 3. The van der Waals surface area contributed by atoms with Gasteiger partial charge in [-0.3, -0.25) is 9.69 Å². The van der Waals surface area contributed by atoms with Gasteiger partial charge in [0.2, 0.25) is 0 Å². The van der Waals surface area contributed by atoms with Crippen molar-refractivity contribution in [2.24, 2.45) is 0 Å². The van der Waals surface area contributed by atoms with E-state index in [0.717, 1.165) is 32.5 Å². The molecular formula is C14H19NO2. The van der Waals surface area contributed by atoms with E-state index in [4.69, 9.17) is 0 Å². The molecule has 0 saturated heterocycles. The number of nitrogens with zero attached hydrogens (tertiary/aromatic N) is 1. The van der Waals surface area contributed by atoms with Gasteiger partial charge in [-0.1, -0.05) is 24.3 Å². The molecule has 0 aliphatic carbocycles. The highest BCUT2D eigenvalue weighted by Gasteiger charge is 2.14. The van der Waals surface area contributed by atoms with Crippen LogP contribution in [0.25, 0.3) is 0 Å². The number of benzene rings is 1. The quantitative estimate of drug-likeness (QED) is 0.748. The Morgan fingerprint density at radius 3 is 2.88 bits per heavy atom. The van der Waals surface area contributed by atoms with Crippen LogP contribution in [-0.4, -0.2) is 31.1 Å². The fraction of sp³-hybridized carbons (Fsp3) is 0.500. The van der Waals surface area contributed by atoms with Crippen LogP contribution < -0.4 is 0 Å². The van der Waals surface area contributed by atoms with Crippen LogP contribution in [0.2, 0.25) is 0 Å². The highest BCUT2D eigenvalue weighted by Crippen LogP contribution is 2.18. The molecule has 0 radical (unpaired) electrons. The molecule has 0 bridgehead atoms. The summed E-state index contributed by atoms with van der Waals surface area (Å²) in [6.07, 6.45) is 2.79. The van der Waals surface area contributed by atoms with Gasteiger partial charge >= 0.3 is 5.97 Å². The second-order valence-corrected chi connectivity index (χ2v) is 4.47. The Labute approximate surface area is 102 Å². The molecular weight excluding hydrogens is 214 g/mol. The number of hydrogen-bond donors (Lipinski definition) is 0. The summed E-state index contributed by atoms with van der Waals surface area (Å²) in [6.45, 7) is 2.81. The van der Waals surface area contributed by atoms with Crippen molar-refractivity contribution in [1.82, 2.24) is 4.90 Å². The summed E-state index contributed by atoms with van der Waals surface area (Å²) in [5, 5.41) is 0. The van der Waals surface area contributed by atoms with Crippen molar-refractivity contribution in [3.63, 3.8) is 0 Å². The highest BCUT2D eigenvalue weighted by atomic mass is 16.5. The van der Waals surface area contributed by atoms with Crippen LogP contribution >= 0.6 is 0 Å². The van der Waals surface area contributed by atoms with Crippen LogP contribution in [0.1, 0.15) is 24.0 Å². The number of hydrogen-bond acceptors (Lipinski definition) is 3. The van der Waals surface area contributed by atoms with Gasteiger partial charge in [-0.25, -0.2) is 0 Å². The van der Waals surface area contributed by atoms with Crippen molar-refractivity contribution in [3.8, 4) is 0 Å². The third-order valence-electron chi connectivity index (χ3n) is 3.29. The summed E-state index contributed by atoms with van der Waals surface area (Å²) in [5.41, 5.74) is 2.85. The van der Waals surface area contributed by atoms with E-state index in [0.29, 0.717) is 6.42 Å². The molecule has 1 aliphatic heterocycles. The molecule has 3 heteroatoms. The van der Waals surface area contributed by atoms with Gasteiger partial charge in [0.05, 0.1) is 13.5 Å². The molecule has 2 rings (SSSR count). The summed E-state index contributed by atoms with van der Waals surface area (Å²) in [6, 6.07) is 8.58. The first-order chi connectivity index (χ1) is 8.29. The smallest absolute Gasteiger partial charge is 0.306 e. The first-order valence-corrected chi connectivity index (χ1v) is 6.15. The van der Waals surface area contributed by atoms with Gasteiger partial charge < -0.3 is 4.74 Å². The Kier molecular flexibility index (Phi) is 4.15. The minimum atomic E-state index is -0.123. The van der Waals surface area contributed by atoms with Crippen molar-refractivity contribution < 1.29 is 9.53 Å². The fourth-order valence-electron chi connectivity index (χ4n) is 2.31. The monoisotopic (exact) mass is 233 g/mol. The molecule has 0 aromatic heterocycles. The lowest BCUT2D eigenvalue weighted by atomic mass is 10.0. The number of carbonyl (C=O) groups excluding carboxylic acids is 1. The minimum absolute atomic E-state index is 0.123. The lowest BCUT2D eigenvalue weighted by Crippen LogP contribution is -2.26. The van der Waals surface area contributed by atoms with Crippen LogP contribution in [0.4, 0.5) is 0 Å². The molecule has 0 fully saturated rings. The van der Waals surface area contributed by atoms with E-state index in [-0.39, 0.29) is 5.97 Å². The number of methoxy groups -OCH3 is 1. The van der Waals surface area contributed by atoms with E-state index in [2.05, 4.69) is 33.9 Å². The van der Waals surface area contributed by atoms with Gasteiger partial charge in [0.15, 0.2) is 0 Å². The summed E-state index contributed by atoms with van der Waals surface area (Å²) in [4.78, 5) is 13.5. The van der Waals surface area contributed by atoms with Crippen LogP contribution in [0.3, 0.4) is 0 Å². The van der Waals surface area contributed by atoms with Crippen molar-refractivity contribution in [3.05, 3.63) is 35.4 Å². The minimum Gasteiger partial charge on any atom is -0.469 e. The molecule has 0 saturated carbocycles. The largest absolute Gasteiger partial charge is 0.469 e. The van der Waals surface area contributed by atoms with Gasteiger partial charge in [-0.2, -0.15) is 0 Å². The van der Waals surface area contributed by atoms with Gasteiger partial charge in [0, 0.05) is 13.1 Å². The van der Waals surface area contributed by atoms with Gasteiger partial charge in [-0.15, -0.1) is 0 Å². The average Bonchev–Trinajstić information content (AvgIpc) is 2.57. The van der Waals surface area contributed by atoms with E-state index in [1.807, 2.05) is 0 Å². The molecule has 0 spiro atoms. The molecule has 0 N–H and O–H groups in total. The number of esters is 1. The average molecular weight is 233 g/mol. The molecule has 17 heavy (non-hydrogen) atoms. The molecule has 92 valence electrons. The zero-order valence-electron chi connectivity index (χ0n) is 10.3. The number of carbonyl (C=O) groups is 1. The maximum absolute atomic E-state index is 11.1. The van der Waals surface area contributed by atoms with Crippen LogP contribution in [0.15, 0.2) is 24.3 Å². The maximum atomic E-state index is 11.1. The normalized spacial score (nSPS) is 16.1. The first-order valence-electron chi connectivity index (χ1n) is 6.15. The topological polar surface area (TPSA) is 29.5 Å². The third-order valence-corrected chi connectivity index (χ3v) is 3.29. The van der Waals surface area contributed by atoms with Crippen molar-refractivity contribution >= 4 is 5.97 Å². The van der Waals surface area contributed by atoms with E-state index < -0.39 is 0 Å². The summed E-state index contributed by atoms with van der Waals surface area (Å²) >= 11 is 0. The Morgan fingerprint density at radius 1 is 1.35 bits per heavy atom. The summed E-state index contributed by atoms with van der Waals surface area (Å²) < 4.78 is 4.68. The molecule has 0 amide bonds. The molecule has 1 heterocycles. The number of fused-ring (bicyclic) bond motifs is 1. The molecule has 0 unspecified atom stereocenters. The zero-order valence-corrected chi connectivity index (χ0v) is 10.3. The predicted octanol–water partition coefficient (Wildman–Crippen LogP) is 2.00. The number of ether oxygens (including phenoxy) is 1. The Balaban J connectivity index is 1.96. The molecule has 3 nitrogen and oxygen atoms in total. The van der Waals surface area contributed by atoms with Gasteiger partial charge in [0.1, 0.15) is 0 Å². The summed E-state index contributed by atoms with van der Waals surface area (Å²) in [5.74, 6) is -0.123. The van der Waals surface area contributed by atoms with Crippen LogP contribution in [-0.2, 0) is 22.5 Å². The predicted molar refractivity (Wildman–Crippen MR) is 66.7 cm³/mol. The van der Waals surface area contributed by atoms with Gasteiger partial charge in [0.25, 0.3) is 0 Å². The zero-order chi connectivity index (χ0) is 12.1. The SMILES string of the molecule is COC(=O)CCN1CCCc2ccccc2C1. The molecule has 1 aromatic carbocycles.